The summed E-state index contributed by atoms with van der Waals surface area (Å²) in [5.41, 5.74) is 0.300. The predicted octanol–water partition coefficient (Wildman–Crippen LogP) is 7.85. The zero-order valence-corrected chi connectivity index (χ0v) is 21.6. The zero-order valence-electron chi connectivity index (χ0n) is 20.1. The summed E-state index contributed by atoms with van der Waals surface area (Å²) < 4.78 is 0. The summed E-state index contributed by atoms with van der Waals surface area (Å²) in [6.45, 7) is 13.4. The first-order valence-corrected chi connectivity index (χ1v) is 12.9. The second-order valence-electron chi connectivity index (χ2n) is 9.23. The van der Waals surface area contributed by atoms with Crippen molar-refractivity contribution in [3.05, 3.63) is 28.2 Å². The first-order valence-electron chi connectivity index (χ1n) is 12.1. The molecule has 0 spiro atoms. The third-order valence-corrected chi connectivity index (χ3v) is 8.63. The number of hydrogen-bond acceptors (Lipinski definition) is 2. The van der Waals surface area contributed by atoms with E-state index in [0.717, 1.165) is 56.6 Å². The van der Waals surface area contributed by atoms with Crippen LogP contribution in [0.15, 0.2) is 16.9 Å². The van der Waals surface area contributed by atoms with Crippen LogP contribution in [0.3, 0.4) is 0 Å². The van der Waals surface area contributed by atoms with E-state index in [0.29, 0.717) is 0 Å². The van der Waals surface area contributed by atoms with Gasteiger partial charge in [-0.2, -0.15) is 5.10 Å². The summed E-state index contributed by atoms with van der Waals surface area (Å²) in [6.07, 6.45) is 10.4. The fraction of sp³-hybridized carbons (Fsp3) is 0.840. The molecule has 0 radical (unpaired) electrons. The topological polar surface area (TPSA) is 45.8 Å². The Morgan fingerprint density at radius 3 is 2.13 bits per heavy atom. The second kappa shape index (κ2) is 13.1. The van der Waals surface area contributed by atoms with E-state index >= 15 is 0 Å². The Balaban J connectivity index is 3.55. The van der Waals surface area contributed by atoms with Crippen molar-refractivity contribution in [2.45, 2.75) is 121 Å². The third-order valence-electron chi connectivity index (χ3n) is 7.13. The molecule has 1 aromatic heterocycles. The van der Waals surface area contributed by atoms with Crippen LogP contribution in [-0.4, -0.2) is 20.4 Å². The molecule has 0 fully saturated rings. The maximum atomic E-state index is 11.8. The van der Waals surface area contributed by atoms with Crippen LogP contribution in [0, 0.1) is 11.8 Å². The predicted molar refractivity (Wildman–Crippen MR) is 132 cm³/mol. The van der Waals surface area contributed by atoms with Crippen LogP contribution in [0.4, 0.5) is 0 Å². The van der Waals surface area contributed by atoms with Crippen molar-refractivity contribution in [3.63, 3.8) is 0 Å². The average Bonchev–Trinajstić information content (AvgIpc) is 2.73. The van der Waals surface area contributed by atoms with E-state index in [4.69, 9.17) is 23.2 Å². The number of nitrogens with one attached hydrogen (secondary N) is 1. The van der Waals surface area contributed by atoms with Crippen molar-refractivity contribution < 1.29 is 0 Å². The van der Waals surface area contributed by atoms with Crippen LogP contribution < -0.4 is 5.56 Å². The maximum absolute atomic E-state index is 11.8. The smallest absolute Gasteiger partial charge is 0.264 e. The molecule has 1 N–H and O–H groups in total. The number of hydrogen-bond donors (Lipinski definition) is 1. The molecule has 0 aliphatic rings. The summed E-state index contributed by atoms with van der Waals surface area (Å²) in [5, 5.41) is 7.07. The Hall–Kier alpha value is -0.540. The van der Waals surface area contributed by atoms with Gasteiger partial charge < -0.3 is 0 Å². The molecule has 174 valence electrons. The average molecular weight is 460 g/mol. The van der Waals surface area contributed by atoms with Gasteiger partial charge in [0.15, 0.2) is 0 Å². The lowest BCUT2D eigenvalue weighted by Gasteiger charge is -2.52. The van der Waals surface area contributed by atoms with Gasteiger partial charge in [0.05, 0.1) is 15.9 Å². The van der Waals surface area contributed by atoms with Gasteiger partial charge in [0.25, 0.3) is 5.56 Å². The van der Waals surface area contributed by atoms with Crippen molar-refractivity contribution in [2.75, 3.05) is 0 Å². The SMILES string of the molecule is CCCCC(Cl)(C(Cl)CCC)C(CCCC(CC)CC)(c1ccc(=O)[nH]n1)C(C)C. The molecule has 0 bridgehead atoms. The largest absolute Gasteiger partial charge is 0.268 e. The highest BCUT2D eigenvalue weighted by molar-refractivity contribution is 6.33. The van der Waals surface area contributed by atoms with Crippen LogP contribution >= 0.6 is 23.2 Å². The van der Waals surface area contributed by atoms with Crippen LogP contribution in [0.5, 0.6) is 0 Å². The summed E-state index contributed by atoms with van der Waals surface area (Å²) in [4.78, 5) is 11.2. The van der Waals surface area contributed by atoms with Gasteiger partial charge in [-0.3, -0.25) is 4.79 Å². The van der Waals surface area contributed by atoms with Gasteiger partial charge in [-0.15, -0.1) is 23.2 Å². The quantitative estimate of drug-likeness (QED) is 0.272. The molecule has 0 saturated carbocycles. The molecular weight excluding hydrogens is 415 g/mol. The maximum Gasteiger partial charge on any atom is 0.264 e. The molecule has 1 aromatic rings. The van der Waals surface area contributed by atoms with Gasteiger partial charge in [-0.25, -0.2) is 5.10 Å². The van der Waals surface area contributed by atoms with Gasteiger partial charge >= 0.3 is 0 Å². The lowest BCUT2D eigenvalue weighted by molar-refractivity contribution is 0.162. The molecule has 0 saturated heterocycles. The fourth-order valence-electron chi connectivity index (χ4n) is 5.15. The standard InChI is InChI=1S/C25H44Cl2N2O/c1-7-11-18-25(27,21(26)13-8-2)24(19(5)6,17-12-14-20(9-3)10-4)22-15-16-23(30)29-28-22/h15-16,19-21H,7-14,17-18H2,1-6H3,(H,29,30). The second-order valence-corrected chi connectivity index (χ2v) is 10.4. The number of nitrogens with zero attached hydrogens (tertiary/aromatic N) is 1. The van der Waals surface area contributed by atoms with Gasteiger partial charge in [-0.1, -0.05) is 86.5 Å². The molecule has 30 heavy (non-hydrogen) atoms. The Bertz CT molecular complexity index is 638. The summed E-state index contributed by atoms with van der Waals surface area (Å²) in [5.74, 6) is 0.978. The van der Waals surface area contributed by atoms with E-state index < -0.39 is 10.3 Å². The van der Waals surface area contributed by atoms with E-state index in [-0.39, 0.29) is 16.9 Å². The first-order chi connectivity index (χ1) is 14.2. The molecule has 1 rings (SSSR count). The van der Waals surface area contributed by atoms with E-state index in [1.54, 1.807) is 6.07 Å². The number of halogens is 2. The number of aromatic amines is 1. The van der Waals surface area contributed by atoms with Crippen molar-refractivity contribution in [1.82, 2.24) is 10.2 Å². The van der Waals surface area contributed by atoms with Gasteiger partial charge in [0.1, 0.15) is 0 Å². The number of unbranched alkanes of at least 4 members (excludes halogenated alkanes) is 1. The zero-order chi connectivity index (χ0) is 22.8. The van der Waals surface area contributed by atoms with Gasteiger partial charge in [0, 0.05) is 11.5 Å². The molecule has 1 heterocycles. The number of rotatable bonds is 15. The van der Waals surface area contributed by atoms with E-state index in [1.165, 1.54) is 19.3 Å². The van der Waals surface area contributed by atoms with Gasteiger partial charge in [0.2, 0.25) is 0 Å². The van der Waals surface area contributed by atoms with Crippen LogP contribution in [-0.2, 0) is 5.41 Å². The molecular formula is C25H44Cl2N2O. The van der Waals surface area contributed by atoms with E-state index in [2.05, 4.69) is 51.7 Å². The molecule has 5 heteroatoms. The normalized spacial score (nSPS) is 17.1. The number of alkyl halides is 2. The van der Waals surface area contributed by atoms with Crippen molar-refractivity contribution in [2.24, 2.45) is 11.8 Å². The highest BCUT2D eigenvalue weighted by Crippen LogP contribution is 2.55. The minimum atomic E-state index is -0.617. The Morgan fingerprint density at radius 1 is 1.00 bits per heavy atom. The van der Waals surface area contributed by atoms with Crippen LogP contribution in [0.2, 0.25) is 0 Å². The van der Waals surface area contributed by atoms with Crippen molar-refractivity contribution >= 4 is 23.2 Å². The molecule has 3 atom stereocenters. The van der Waals surface area contributed by atoms with Crippen LogP contribution in [0.1, 0.15) is 111 Å². The van der Waals surface area contributed by atoms with E-state index in [1.807, 2.05) is 6.07 Å². The third kappa shape index (κ3) is 6.25. The molecule has 0 amide bonds. The Morgan fingerprint density at radius 2 is 1.67 bits per heavy atom. The Kier molecular flexibility index (Phi) is 12.0. The number of aromatic nitrogens is 2. The molecule has 0 aliphatic carbocycles. The van der Waals surface area contributed by atoms with E-state index in [9.17, 15) is 4.79 Å². The van der Waals surface area contributed by atoms with Gasteiger partial charge in [-0.05, 0) is 37.2 Å². The highest BCUT2D eigenvalue weighted by atomic mass is 35.5. The minimum Gasteiger partial charge on any atom is -0.268 e. The van der Waals surface area contributed by atoms with Crippen LogP contribution in [0.25, 0.3) is 0 Å². The molecule has 0 aliphatic heterocycles. The lowest BCUT2D eigenvalue weighted by atomic mass is 9.59. The Labute approximate surface area is 194 Å². The summed E-state index contributed by atoms with van der Waals surface area (Å²) in [6, 6.07) is 3.47. The monoisotopic (exact) mass is 458 g/mol. The number of H-pyrrole nitrogens is 1. The molecule has 0 aromatic carbocycles. The molecule has 3 unspecified atom stereocenters. The van der Waals surface area contributed by atoms with Crippen molar-refractivity contribution in [3.8, 4) is 0 Å². The van der Waals surface area contributed by atoms with Crippen molar-refractivity contribution in [1.29, 1.82) is 0 Å². The molecule has 3 nitrogen and oxygen atoms in total. The minimum absolute atomic E-state index is 0.153. The lowest BCUT2D eigenvalue weighted by Crippen LogP contribution is -2.57. The first kappa shape index (κ1) is 27.5. The summed E-state index contributed by atoms with van der Waals surface area (Å²) in [7, 11) is 0. The summed E-state index contributed by atoms with van der Waals surface area (Å²) >= 11 is 14.8. The fourth-order valence-corrected chi connectivity index (χ4v) is 6.32. The highest BCUT2D eigenvalue weighted by Gasteiger charge is 2.56.